The van der Waals surface area contributed by atoms with Crippen LogP contribution in [-0.4, -0.2) is 21.7 Å². The second kappa shape index (κ2) is 9.23. The molecule has 1 aromatic carbocycles. The number of nitrogens with one attached hydrogen (secondary N) is 1. The summed E-state index contributed by atoms with van der Waals surface area (Å²) in [4.78, 5) is 11.6. The Kier molecular flexibility index (Phi) is 7.63. The van der Waals surface area contributed by atoms with Crippen molar-refractivity contribution in [2.75, 3.05) is 0 Å². The molecule has 1 unspecified atom stereocenters. The maximum absolute atomic E-state index is 11.6. The molecule has 22 heavy (non-hydrogen) atoms. The summed E-state index contributed by atoms with van der Waals surface area (Å²) in [7, 11) is 0. The second-order valence-corrected chi connectivity index (χ2v) is 5.32. The van der Waals surface area contributed by atoms with Crippen LogP contribution in [0, 0.1) is 0 Å². The van der Waals surface area contributed by atoms with Crippen molar-refractivity contribution < 1.29 is 4.79 Å². The lowest BCUT2D eigenvalue weighted by Gasteiger charge is -2.05. The molecular formula is C16H23ClN4O. The number of carbonyl (C=O) groups is 1. The van der Waals surface area contributed by atoms with E-state index in [4.69, 9.17) is 5.73 Å². The first-order valence-corrected chi connectivity index (χ1v) is 7.21. The second-order valence-electron chi connectivity index (χ2n) is 5.32. The van der Waals surface area contributed by atoms with E-state index in [0.717, 1.165) is 12.1 Å². The van der Waals surface area contributed by atoms with E-state index in [1.165, 1.54) is 5.56 Å². The van der Waals surface area contributed by atoms with Gasteiger partial charge in [0.2, 0.25) is 5.91 Å². The number of amides is 1. The summed E-state index contributed by atoms with van der Waals surface area (Å²) in [6.07, 6.45) is 4.92. The Bertz CT molecular complexity index is 569. The lowest BCUT2D eigenvalue weighted by atomic mass is 10.2. The van der Waals surface area contributed by atoms with E-state index in [2.05, 4.69) is 22.5 Å². The third-order valence-electron chi connectivity index (χ3n) is 3.19. The molecule has 0 aliphatic carbocycles. The van der Waals surface area contributed by atoms with E-state index in [1.807, 2.05) is 36.0 Å². The van der Waals surface area contributed by atoms with Crippen LogP contribution < -0.4 is 11.1 Å². The third-order valence-corrected chi connectivity index (χ3v) is 3.19. The maximum atomic E-state index is 11.6. The number of nitrogens with two attached hydrogens (primary N) is 1. The maximum Gasteiger partial charge on any atom is 0.220 e. The van der Waals surface area contributed by atoms with Gasteiger partial charge in [0.25, 0.3) is 0 Å². The molecule has 0 saturated carbocycles. The zero-order valence-corrected chi connectivity index (χ0v) is 13.6. The molecule has 2 rings (SSSR count). The summed E-state index contributed by atoms with van der Waals surface area (Å²) in [6.45, 7) is 3.15. The van der Waals surface area contributed by atoms with Crippen LogP contribution in [0.15, 0.2) is 42.7 Å². The molecule has 5 nitrogen and oxygen atoms in total. The Morgan fingerprint density at radius 1 is 1.32 bits per heavy atom. The molecule has 0 saturated heterocycles. The van der Waals surface area contributed by atoms with Crippen LogP contribution in [-0.2, 0) is 17.9 Å². The molecular weight excluding hydrogens is 300 g/mol. The van der Waals surface area contributed by atoms with Gasteiger partial charge in [0.15, 0.2) is 0 Å². The summed E-state index contributed by atoms with van der Waals surface area (Å²) >= 11 is 0. The standard InChI is InChI=1S/C16H22N4O.ClH/c1-13(17)7-8-16(21)18-9-15-10-19-20(12-15)11-14-5-3-2-4-6-14;/h2-6,10,12-13H,7-9,11,17H2,1H3,(H,18,21);1H. The lowest BCUT2D eigenvalue weighted by molar-refractivity contribution is -0.121. The number of halogens is 1. The summed E-state index contributed by atoms with van der Waals surface area (Å²) in [5, 5.41) is 7.19. The molecule has 0 spiro atoms. The SMILES string of the molecule is CC(N)CCC(=O)NCc1cnn(Cc2ccccc2)c1.Cl. The topological polar surface area (TPSA) is 72.9 Å². The zero-order valence-electron chi connectivity index (χ0n) is 12.7. The van der Waals surface area contributed by atoms with Gasteiger partial charge < -0.3 is 11.1 Å². The fraction of sp³-hybridized carbons (Fsp3) is 0.375. The highest BCUT2D eigenvalue weighted by Crippen LogP contribution is 2.04. The van der Waals surface area contributed by atoms with Crippen molar-refractivity contribution in [1.29, 1.82) is 0 Å². The largest absolute Gasteiger partial charge is 0.352 e. The summed E-state index contributed by atoms with van der Waals surface area (Å²) in [5.74, 6) is 0.0307. The van der Waals surface area contributed by atoms with Crippen molar-refractivity contribution in [3.8, 4) is 0 Å². The highest BCUT2D eigenvalue weighted by Gasteiger charge is 2.05. The van der Waals surface area contributed by atoms with E-state index in [0.29, 0.717) is 19.4 Å². The van der Waals surface area contributed by atoms with E-state index in [1.54, 1.807) is 6.20 Å². The third kappa shape index (κ3) is 6.28. The molecule has 2 aromatic rings. The monoisotopic (exact) mass is 322 g/mol. The van der Waals surface area contributed by atoms with E-state index < -0.39 is 0 Å². The average molecular weight is 323 g/mol. The van der Waals surface area contributed by atoms with Gasteiger partial charge in [-0.25, -0.2) is 0 Å². The average Bonchev–Trinajstić information content (AvgIpc) is 2.91. The number of carbonyl (C=O) groups excluding carboxylic acids is 1. The molecule has 0 aliphatic rings. The first-order valence-electron chi connectivity index (χ1n) is 7.21. The van der Waals surface area contributed by atoms with Gasteiger partial charge >= 0.3 is 0 Å². The minimum absolute atomic E-state index is 0. The Balaban J connectivity index is 0.00000242. The van der Waals surface area contributed by atoms with Gasteiger partial charge in [-0.05, 0) is 18.9 Å². The molecule has 1 aromatic heterocycles. The quantitative estimate of drug-likeness (QED) is 0.820. The van der Waals surface area contributed by atoms with Crippen LogP contribution in [0.5, 0.6) is 0 Å². The smallest absolute Gasteiger partial charge is 0.220 e. The van der Waals surface area contributed by atoms with E-state index in [9.17, 15) is 4.79 Å². The molecule has 6 heteroatoms. The first kappa shape index (κ1) is 18.2. The molecule has 1 atom stereocenters. The van der Waals surface area contributed by atoms with Gasteiger partial charge in [0.1, 0.15) is 0 Å². The molecule has 120 valence electrons. The Morgan fingerprint density at radius 3 is 2.73 bits per heavy atom. The summed E-state index contributed by atoms with van der Waals surface area (Å²) in [5.41, 5.74) is 7.83. The normalized spacial score (nSPS) is 11.5. The van der Waals surface area contributed by atoms with Gasteiger partial charge in [-0.1, -0.05) is 30.3 Å². The fourth-order valence-corrected chi connectivity index (χ4v) is 2.00. The van der Waals surface area contributed by atoms with Crippen molar-refractivity contribution in [2.45, 2.75) is 38.9 Å². The van der Waals surface area contributed by atoms with Crippen LogP contribution in [0.25, 0.3) is 0 Å². The predicted molar refractivity (Wildman–Crippen MR) is 89.7 cm³/mol. The van der Waals surface area contributed by atoms with E-state index >= 15 is 0 Å². The molecule has 1 amide bonds. The zero-order chi connectivity index (χ0) is 15.1. The highest BCUT2D eigenvalue weighted by molar-refractivity contribution is 5.85. The summed E-state index contributed by atoms with van der Waals surface area (Å²) < 4.78 is 1.87. The molecule has 0 aliphatic heterocycles. The molecule has 3 N–H and O–H groups in total. The molecule has 1 heterocycles. The van der Waals surface area contributed by atoms with Crippen LogP contribution in [0.2, 0.25) is 0 Å². The van der Waals surface area contributed by atoms with Crippen LogP contribution in [0.4, 0.5) is 0 Å². The molecule has 0 bridgehead atoms. The van der Waals surface area contributed by atoms with Crippen LogP contribution >= 0.6 is 12.4 Å². The number of benzene rings is 1. The minimum atomic E-state index is 0. The van der Waals surface area contributed by atoms with Crippen molar-refractivity contribution >= 4 is 18.3 Å². The first-order chi connectivity index (χ1) is 10.1. The minimum Gasteiger partial charge on any atom is -0.352 e. The highest BCUT2D eigenvalue weighted by atomic mass is 35.5. The van der Waals surface area contributed by atoms with E-state index in [-0.39, 0.29) is 24.4 Å². The van der Waals surface area contributed by atoms with Gasteiger partial charge in [-0.15, -0.1) is 12.4 Å². The molecule has 0 fully saturated rings. The van der Waals surface area contributed by atoms with Crippen molar-refractivity contribution in [1.82, 2.24) is 15.1 Å². The van der Waals surface area contributed by atoms with Gasteiger partial charge in [-0.2, -0.15) is 5.10 Å². The number of aromatic nitrogens is 2. The number of rotatable bonds is 7. The van der Waals surface area contributed by atoms with Gasteiger partial charge in [-0.3, -0.25) is 9.48 Å². The van der Waals surface area contributed by atoms with Crippen molar-refractivity contribution in [3.63, 3.8) is 0 Å². The number of hydrogen-bond acceptors (Lipinski definition) is 3. The van der Waals surface area contributed by atoms with Gasteiger partial charge in [0.05, 0.1) is 12.7 Å². The van der Waals surface area contributed by atoms with Crippen LogP contribution in [0.1, 0.15) is 30.9 Å². The fourth-order valence-electron chi connectivity index (χ4n) is 2.00. The lowest BCUT2D eigenvalue weighted by Crippen LogP contribution is -2.25. The van der Waals surface area contributed by atoms with Crippen molar-refractivity contribution in [3.05, 3.63) is 53.9 Å². The van der Waals surface area contributed by atoms with Crippen LogP contribution in [0.3, 0.4) is 0 Å². The Hall–Kier alpha value is -1.85. The van der Waals surface area contributed by atoms with Gasteiger partial charge in [0, 0.05) is 30.8 Å². The number of hydrogen-bond donors (Lipinski definition) is 2. The molecule has 0 radical (unpaired) electrons. The predicted octanol–water partition coefficient (Wildman–Crippen LogP) is 2.10. The Labute approximate surface area is 137 Å². The Morgan fingerprint density at radius 2 is 2.05 bits per heavy atom. The number of nitrogens with zero attached hydrogens (tertiary/aromatic N) is 2. The van der Waals surface area contributed by atoms with Crippen molar-refractivity contribution in [2.24, 2.45) is 5.73 Å². The summed E-state index contributed by atoms with van der Waals surface area (Å²) in [6, 6.07) is 10.2.